The van der Waals surface area contributed by atoms with E-state index in [9.17, 15) is 9.59 Å². The Morgan fingerprint density at radius 2 is 1.94 bits per heavy atom. The number of hydrogen-bond acceptors (Lipinski definition) is 5. The number of fused-ring (bicyclic) bond motifs is 1. The summed E-state index contributed by atoms with van der Waals surface area (Å²) in [5, 5.41) is 2.07. The first kappa shape index (κ1) is 24.1. The minimum absolute atomic E-state index is 0.0285. The molecule has 0 fully saturated rings. The van der Waals surface area contributed by atoms with Crippen LogP contribution in [0, 0.1) is 5.92 Å². The third-order valence-electron chi connectivity index (χ3n) is 5.70. The molecule has 1 atom stereocenters. The zero-order chi connectivity index (χ0) is 23.3. The number of thiophene rings is 1. The van der Waals surface area contributed by atoms with Crippen molar-refractivity contribution in [3.8, 4) is 11.5 Å². The van der Waals surface area contributed by atoms with Crippen molar-refractivity contribution < 1.29 is 19.1 Å². The number of benzene rings is 1. The van der Waals surface area contributed by atoms with Gasteiger partial charge in [-0.25, -0.2) is 0 Å². The van der Waals surface area contributed by atoms with Gasteiger partial charge < -0.3 is 19.3 Å². The highest BCUT2D eigenvalue weighted by molar-refractivity contribution is 7.10. The third kappa shape index (κ3) is 5.82. The van der Waals surface area contributed by atoms with Crippen LogP contribution in [0.3, 0.4) is 0 Å². The zero-order valence-electron chi connectivity index (χ0n) is 19.7. The fourth-order valence-electron chi connectivity index (χ4n) is 4.00. The molecule has 1 aromatic heterocycles. The molecule has 174 valence electrons. The van der Waals surface area contributed by atoms with Crippen LogP contribution >= 0.6 is 11.3 Å². The topological polar surface area (TPSA) is 59.1 Å². The first-order chi connectivity index (χ1) is 15.3. The van der Waals surface area contributed by atoms with E-state index >= 15 is 0 Å². The van der Waals surface area contributed by atoms with Gasteiger partial charge in [-0.2, -0.15) is 0 Å². The Hall–Kier alpha value is -2.54. The van der Waals surface area contributed by atoms with Crippen LogP contribution in [0.5, 0.6) is 11.5 Å². The van der Waals surface area contributed by atoms with Gasteiger partial charge in [0.1, 0.15) is 18.1 Å². The average Bonchev–Trinajstić information content (AvgIpc) is 3.24. The minimum atomic E-state index is -0.182. The quantitative estimate of drug-likeness (QED) is 0.553. The van der Waals surface area contributed by atoms with Crippen molar-refractivity contribution in [3.05, 3.63) is 46.2 Å². The largest absolute Gasteiger partial charge is 0.497 e. The predicted octanol–water partition coefficient (Wildman–Crippen LogP) is 4.54. The molecule has 0 radical (unpaired) electrons. The van der Waals surface area contributed by atoms with E-state index in [1.807, 2.05) is 56.9 Å². The Morgan fingerprint density at radius 3 is 2.62 bits per heavy atom. The second-order valence-electron chi connectivity index (χ2n) is 8.86. The third-order valence-corrected chi connectivity index (χ3v) is 6.69. The average molecular weight is 459 g/mol. The predicted molar refractivity (Wildman–Crippen MR) is 127 cm³/mol. The molecule has 2 amide bonds. The van der Waals surface area contributed by atoms with E-state index in [0.717, 1.165) is 17.7 Å². The van der Waals surface area contributed by atoms with Crippen molar-refractivity contribution in [1.82, 2.24) is 9.80 Å². The van der Waals surface area contributed by atoms with Gasteiger partial charge in [0.25, 0.3) is 0 Å². The van der Waals surface area contributed by atoms with Gasteiger partial charge >= 0.3 is 0 Å². The van der Waals surface area contributed by atoms with Crippen molar-refractivity contribution >= 4 is 23.2 Å². The number of rotatable bonds is 9. The van der Waals surface area contributed by atoms with Crippen molar-refractivity contribution in [2.45, 2.75) is 52.6 Å². The van der Waals surface area contributed by atoms with E-state index in [4.69, 9.17) is 9.47 Å². The molecule has 6 nitrogen and oxygen atoms in total. The number of carbonyl (C=O) groups is 2. The summed E-state index contributed by atoms with van der Waals surface area (Å²) < 4.78 is 11.4. The molecule has 2 heterocycles. The van der Waals surface area contributed by atoms with Gasteiger partial charge in [-0.1, -0.05) is 19.9 Å². The molecule has 0 aliphatic carbocycles. The molecular weight excluding hydrogens is 424 g/mol. The Kier molecular flexibility index (Phi) is 8.18. The highest BCUT2D eigenvalue weighted by atomic mass is 32.1. The van der Waals surface area contributed by atoms with Crippen LogP contribution in [0.25, 0.3) is 0 Å². The molecule has 1 aliphatic heterocycles. The van der Waals surface area contributed by atoms with E-state index in [2.05, 4.69) is 11.4 Å². The van der Waals surface area contributed by atoms with Gasteiger partial charge in [0.05, 0.1) is 19.7 Å². The minimum Gasteiger partial charge on any atom is -0.497 e. The number of methoxy groups -OCH3 is 1. The van der Waals surface area contributed by atoms with Crippen molar-refractivity contribution in [2.24, 2.45) is 5.92 Å². The summed E-state index contributed by atoms with van der Waals surface area (Å²) in [4.78, 5) is 31.0. The standard InChI is InChI=1S/C25H34N2O4S/c1-17(2)13-24(28)27(18(3)4)15-25(29)26-11-9-23-21(10-12-32-23)22(26)16-31-20-8-6-7-19(14-20)30-5/h6-8,10,12,14,17-18,22H,9,11,13,15-16H2,1-5H3. The van der Waals surface area contributed by atoms with Crippen LogP contribution < -0.4 is 9.47 Å². The summed E-state index contributed by atoms with van der Waals surface area (Å²) in [6.07, 6.45) is 1.28. The molecule has 7 heteroatoms. The number of hydrogen-bond donors (Lipinski definition) is 0. The maximum atomic E-state index is 13.4. The van der Waals surface area contributed by atoms with Gasteiger partial charge in [-0.15, -0.1) is 11.3 Å². The second kappa shape index (κ2) is 10.9. The van der Waals surface area contributed by atoms with Gasteiger partial charge in [0.15, 0.2) is 0 Å². The van der Waals surface area contributed by atoms with E-state index < -0.39 is 0 Å². The Labute approximate surface area is 195 Å². The van der Waals surface area contributed by atoms with Crippen LogP contribution in [0.4, 0.5) is 0 Å². The number of nitrogens with zero attached hydrogens (tertiary/aromatic N) is 2. The Balaban J connectivity index is 1.77. The number of carbonyl (C=O) groups excluding carboxylic acids is 2. The summed E-state index contributed by atoms with van der Waals surface area (Å²) in [5.41, 5.74) is 1.14. The summed E-state index contributed by atoms with van der Waals surface area (Å²) >= 11 is 1.72. The van der Waals surface area contributed by atoms with Gasteiger partial charge in [0.2, 0.25) is 11.8 Å². The molecule has 3 rings (SSSR count). The molecule has 1 aliphatic rings. The van der Waals surface area contributed by atoms with E-state index in [0.29, 0.717) is 25.3 Å². The molecule has 0 saturated heterocycles. The first-order valence-electron chi connectivity index (χ1n) is 11.2. The maximum Gasteiger partial charge on any atom is 0.242 e. The first-order valence-corrected chi connectivity index (χ1v) is 12.1. The summed E-state index contributed by atoms with van der Waals surface area (Å²) in [5.74, 6) is 1.68. The van der Waals surface area contributed by atoms with Gasteiger partial charge in [-0.05, 0) is 55.3 Å². The molecule has 32 heavy (non-hydrogen) atoms. The van der Waals surface area contributed by atoms with Crippen molar-refractivity contribution in [2.75, 3.05) is 26.8 Å². The zero-order valence-corrected chi connectivity index (χ0v) is 20.5. The molecule has 2 aromatic rings. The fraction of sp³-hybridized carbons (Fsp3) is 0.520. The summed E-state index contributed by atoms with van der Waals surface area (Å²) in [6, 6.07) is 9.36. The lowest BCUT2D eigenvalue weighted by Gasteiger charge is -2.38. The molecule has 0 spiro atoms. The van der Waals surface area contributed by atoms with Gasteiger partial charge in [0, 0.05) is 30.0 Å². The smallest absolute Gasteiger partial charge is 0.242 e. The lowest BCUT2D eigenvalue weighted by Crippen LogP contribution is -2.49. The summed E-state index contributed by atoms with van der Waals surface area (Å²) in [6.45, 7) is 9.04. The van der Waals surface area contributed by atoms with Crippen molar-refractivity contribution in [1.29, 1.82) is 0 Å². The normalized spacial score (nSPS) is 15.6. The SMILES string of the molecule is COc1cccc(OCC2c3ccsc3CCN2C(=O)CN(C(=O)CC(C)C)C(C)C)c1. The molecule has 0 bridgehead atoms. The van der Waals surface area contributed by atoms with Crippen LogP contribution in [-0.4, -0.2) is 54.5 Å². The Morgan fingerprint density at radius 1 is 1.19 bits per heavy atom. The second-order valence-corrected chi connectivity index (χ2v) is 9.86. The van der Waals surface area contributed by atoms with Crippen LogP contribution in [-0.2, 0) is 16.0 Å². The van der Waals surface area contributed by atoms with Crippen LogP contribution in [0.15, 0.2) is 35.7 Å². The molecule has 0 saturated carbocycles. The lowest BCUT2D eigenvalue weighted by molar-refractivity contribution is -0.144. The molecule has 1 aromatic carbocycles. The molecule has 0 N–H and O–H groups in total. The van der Waals surface area contributed by atoms with Crippen molar-refractivity contribution in [3.63, 3.8) is 0 Å². The fourth-order valence-corrected chi connectivity index (χ4v) is 4.93. The molecular formula is C25H34N2O4S. The maximum absolute atomic E-state index is 13.4. The van der Waals surface area contributed by atoms with Gasteiger partial charge in [-0.3, -0.25) is 9.59 Å². The molecule has 1 unspecified atom stereocenters. The number of ether oxygens (including phenoxy) is 2. The number of amides is 2. The highest BCUT2D eigenvalue weighted by Gasteiger charge is 2.34. The lowest BCUT2D eigenvalue weighted by atomic mass is 10.00. The Bertz CT molecular complexity index is 924. The monoisotopic (exact) mass is 458 g/mol. The summed E-state index contributed by atoms with van der Waals surface area (Å²) in [7, 11) is 1.62. The van der Waals surface area contributed by atoms with E-state index in [1.165, 1.54) is 4.88 Å². The van der Waals surface area contributed by atoms with Crippen LogP contribution in [0.1, 0.15) is 50.6 Å². The van der Waals surface area contributed by atoms with E-state index in [1.54, 1.807) is 23.3 Å². The van der Waals surface area contributed by atoms with E-state index in [-0.39, 0.29) is 36.4 Å². The van der Waals surface area contributed by atoms with Crippen LogP contribution in [0.2, 0.25) is 0 Å². The highest BCUT2D eigenvalue weighted by Crippen LogP contribution is 2.34.